The van der Waals surface area contributed by atoms with Crippen LogP contribution in [0.5, 0.6) is 5.75 Å². The van der Waals surface area contributed by atoms with Crippen LogP contribution in [0.4, 0.5) is 13.2 Å². The third kappa shape index (κ3) is 6.38. The molecule has 4 nitrogen and oxygen atoms in total. The number of guanidine groups is 1. The third-order valence-electron chi connectivity index (χ3n) is 3.60. The van der Waals surface area contributed by atoms with Gasteiger partial charge in [0.15, 0.2) is 5.96 Å². The molecule has 0 heterocycles. The fourth-order valence-corrected chi connectivity index (χ4v) is 2.17. The Morgan fingerprint density at radius 1 is 1.30 bits per heavy atom. The first-order chi connectivity index (χ1) is 10.9. The molecule has 1 aliphatic carbocycles. The van der Waals surface area contributed by atoms with E-state index in [9.17, 15) is 13.2 Å². The van der Waals surface area contributed by atoms with Gasteiger partial charge in [0.1, 0.15) is 5.75 Å². The SMILES string of the molecule is CCNC(=NCCc1ccc(OC(F)(F)F)cc1)NC1CC1C. The van der Waals surface area contributed by atoms with Crippen LogP contribution >= 0.6 is 0 Å². The number of nitrogens with zero attached hydrogens (tertiary/aromatic N) is 1. The summed E-state index contributed by atoms with van der Waals surface area (Å²) in [5.41, 5.74) is 0.916. The number of rotatable bonds is 6. The molecule has 0 bridgehead atoms. The second-order valence-electron chi connectivity index (χ2n) is 5.67. The van der Waals surface area contributed by atoms with Crippen LogP contribution in [0.15, 0.2) is 29.3 Å². The molecule has 1 aliphatic rings. The second kappa shape index (κ2) is 7.57. The summed E-state index contributed by atoms with van der Waals surface area (Å²) in [6.07, 6.45) is -2.84. The van der Waals surface area contributed by atoms with E-state index in [1.807, 2.05) is 6.92 Å². The van der Waals surface area contributed by atoms with E-state index in [1.54, 1.807) is 12.1 Å². The molecule has 1 aromatic carbocycles. The normalized spacial score (nSPS) is 21.0. The number of halogens is 3. The Kier molecular flexibility index (Phi) is 5.74. The highest BCUT2D eigenvalue weighted by atomic mass is 19.4. The summed E-state index contributed by atoms with van der Waals surface area (Å²) >= 11 is 0. The topological polar surface area (TPSA) is 45.7 Å². The molecule has 1 aromatic rings. The maximum absolute atomic E-state index is 12.1. The lowest BCUT2D eigenvalue weighted by molar-refractivity contribution is -0.274. The van der Waals surface area contributed by atoms with Gasteiger partial charge < -0.3 is 15.4 Å². The van der Waals surface area contributed by atoms with Crippen LogP contribution < -0.4 is 15.4 Å². The van der Waals surface area contributed by atoms with Gasteiger partial charge in [-0.3, -0.25) is 4.99 Å². The first-order valence-electron chi connectivity index (χ1n) is 7.77. The smallest absolute Gasteiger partial charge is 0.406 e. The highest BCUT2D eigenvalue weighted by molar-refractivity contribution is 5.80. The first-order valence-corrected chi connectivity index (χ1v) is 7.77. The molecule has 1 saturated carbocycles. The monoisotopic (exact) mass is 329 g/mol. The van der Waals surface area contributed by atoms with Gasteiger partial charge in [-0.1, -0.05) is 19.1 Å². The number of benzene rings is 1. The summed E-state index contributed by atoms with van der Waals surface area (Å²) in [5.74, 6) is 1.27. The highest BCUT2D eigenvalue weighted by Crippen LogP contribution is 2.28. The van der Waals surface area contributed by atoms with Crippen molar-refractivity contribution in [3.8, 4) is 5.75 Å². The van der Waals surface area contributed by atoms with Gasteiger partial charge in [-0.15, -0.1) is 13.2 Å². The molecule has 23 heavy (non-hydrogen) atoms. The molecule has 0 saturated heterocycles. The lowest BCUT2D eigenvalue weighted by Gasteiger charge is -2.11. The Hall–Kier alpha value is -1.92. The molecule has 0 amide bonds. The zero-order valence-electron chi connectivity index (χ0n) is 13.3. The van der Waals surface area contributed by atoms with E-state index in [0.29, 0.717) is 24.9 Å². The van der Waals surface area contributed by atoms with E-state index in [0.717, 1.165) is 24.5 Å². The van der Waals surface area contributed by atoms with Gasteiger partial charge in [0.05, 0.1) is 0 Å². The molecule has 2 atom stereocenters. The van der Waals surface area contributed by atoms with Gasteiger partial charge in [0, 0.05) is 19.1 Å². The molecular formula is C16H22F3N3O. The van der Waals surface area contributed by atoms with Gasteiger partial charge in [0.2, 0.25) is 0 Å². The fourth-order valence-electron chi connectivity index (χ4n) is 2.17. The number of ether oxygens (including phenoxy) is 1. The summed E-state index contributed by atoms with van der Waals surface area (Å²) in [7, 11) is 0. The zero-order valence-corrected chi connectivity index (χ0v) is 13.3. The molecule has 0 aliphatic heterocycles. The molecule has 128 valence electrons. The summed E-state index contributed by atoms with van der Waals surface area (Å²) in [6.45, 7) is 5.55. The number of hydrogen-bond donors (Lipinski definition) is 2. The average Bonchev–Trinajstić information content (AvgIpc) is 3.14. The predicted octanol–water partition coefficient (Wildman–Crippen LogP) is 3.09. The summed E-state index contributed by atoms with van der Waals surface area (Å²) in [6, 6.07) is 6.38. The van der Waals surface area contributed by atoms with Gasteiger partial charge in [-0.2, -0.15) is 0 Å². The van der Waals surface area contributed by atoms with Crippen molar-refractivity contribution in [2.45, 2.75) is 39.1 Å². The Morgan fingerprint density at radius 2 is 1.96 bits per heavy atom. The van der Waals surface area contributed by atoms with Crippen LogP contribution in [0, 0.1) is 5.92 Å². The van der Waals surface area contributed by atoms with Crippen LogP contribution in [0.2, 0.25) is 0 Å². The van der Waals surface area contributed by atoms with E-state index in [2.05, 4.69) is 27.3 Å². The van der Waals surface area contributed by atoms with Crippen molar-refractivity contribution in [3.63, 3.8) is 0 Å². The maximum Gasteiger partial charge on any atom is 0.573 e. The molecule has 0 spiro atoms. The summed E-state index contributed by atoms with van der Waals surface area (Å²) in [4.78, 5) is 4.49. The largest absolute Gasteiger partial charge is 0.573 e. The van der Waals surface area contributed by atoms with Crippen molar-refractivity contribution in [3.05, 3.63) is 29.8 Å². The van der Waals surface area contributed by atoms with Crippen molar-refractivity contribution in [1.82, 2.24) is 10.6 Å². The Morgan fingerprint density at radius 3 is 2.48 bits per heavy atom. The zero-order chi connectivity index (χ0) is 16.9. The lowest BCUT2D eigenvalue weighted by atomic mass is 10.1. The quantitative estimate of drug-likeness (QED) is 0.623. The highest BCUT2D eigenvalue weighted by Gasteiger charge is 2.33. The van der Waals surface area contributed by atoms with E-state index in [1.165, 1.54) is 12.1 Å². The minimum Gasteiger partial charge on any atom is -0.406 e. The van der Waals surface area contributed by atoms with Crippen LogP contribution in [0.25, 0.3) is 0 Å². The van der Waals surface area contributed by atoms with Crippen molar-refractivity contribution in [1.29, 1.82) is 0 Å². The molecule has 2 unspecified atom stereocenters. The van der Waals surface area contributed by atoms with Crippen molar-refractivity contribution < 1.29 is 17.9 Å². The summed E-state index contributed by atoms with van der Waals surface area (Å²) < 4.78 is 40.1. The molecule has 0 aromatic heterocycles. The van der Waals surface area contributed by atoms with E-state index in [4.69, 9.17) is 0 Å². The molecule has 0 radical (unpaired) electrons. The van der Waals surface area contributed by atoms with Gasteiger partial charge in [-0.05, 0) is 43.4 Å². The molecule has 2 rings (SSSR count). The molecular weight excluding hydrogens is 307 g/mol. The molecule has 1 fully saturated rings. The second-order valence-corrected chi connectivity index (χ2v) is 5.67. The lowest BCUT2D eigenvalue weighted by Crippen LogP contribution is -2.39. The Labute approximate surface area is 134 Å². The van der Waals surface area contributed by atoms with Gasteiger partial charge in [-0.25, -0.2) is 0 Å². The first kappa shape index (κ1) is 17.4. The van der Waals surface area contributed by atoms with E-state index >= 15 is 0 Å². The van der Waals surface area contributed by atoms with Crippen molar-refractivity contribution in [2.24, 2.45) is 10.9 Å². The number of hydrogen-bond acceptors (Lipinski definition) is 2. The van der Waals surface area contributed by atoms with Crippen LogP contribution in [-0.4, -0.2) is 31.5 Å². The van der Waals surface area contributed by atoms with E-state index in [-0.39, 0.29) is 5.75 Å². The van der Waals surface area contributed by atoms with Crippen molar-refractivity contribution >= 4 is 5.96 Å². The molecule has 7 heteroatoms. The number of nitrogens with one attached hydrogen (secondary N) is 2. The molecule has 2 N–H and O–H groups in total. The van der Waals surface area contributed by atoms with Gasteiger partial charge in [0.25, 0.3) is 0 Å². The van der Waals surface area contributed by atoms with Crippen LogP contribution in [0.1, 0.15) is 25.8 Å². The number of aliphatic imine (C=N–C) groups is 1. The van der Waals surface area contributed by atoms with Crippen LogP contribution in [-0.2, 0) is 6.42 Å². The standard InChI is InChI=1S/C16H22F3N3O/c1-3-20-15(22-14-10-11(14)2)21-9-8-12-4-6-13(7-5-12)23-16(17,18)19/h4-7,11,14H,3,8-10H2,1-2H3,(H2,20,21,22). The van der Waals surface area contributed by atoms with Crippen molar-refractivity contribution in [2.75, 3.05) is 13.1 Å². The summed E-state index contributed by atoms with van der Waals surface area (Å²) in [5, 5.41) is 6.55. The minimum atomic E-state index is -4.65. The van der Waals surface area contributed by atoms with Gasteiger partial charge >= 0.3 is 6.36 Å². The predicted molar refractivity (Wildman–Crippen MR) is 83.5 cm³/mol. The Bertz CT molecular complexity index is 528. The minimum absolute atomic E-state index is 0.206. The van der Waals surface area contributed by atoms with E-state index < -0.39 is 6.36 Å². The fraction of sp³-hybridized carbons (Fsp3) is 0.562. The average molecular weight is 329 g/mol. The number of alkyl halides is 3. The third-order valence-corrected chi connectivity index (χ3v) is 3.60. The maximum atomic E-state index is 12.1. The Balaban J connectivity index is 1.82. The van der Waals surface area contributed by atoms with Crippen LogP contribution in [0.3, 0.4) is 0 Å².